The van der Waals surface area contributed by atoms with Crippen molar-refractivity contribution in [2.24, 2.45) is 5.73 Å². The Bertz CT molecular complexity index is 239. The second-order valence-corrected chi connectivity index (χ2v) is 5.71. The molecule has 0 aromatic heterocycles. The fourth-order valence-corrected chi connectivity index (χ4v) is 1.71. The Balaban J connectivity index is 0. The SMILES string of the molecule is CCN(CC)CCCC(C)NCCCN.O=P(O)(O)O. The summed E-state index contributed by atoms with van der Waals surface area (Å²) in [7, 11) is -4.64. The highest BCUT2D eigenvalue weighted by atomic mass is 31.2. The van der Waals surface area contributed by atoms with Crippen LogP contribution in [0.15, 0.2) is 0 Å². The molecule has 0 aromatic rings. The maximum Gasteiger partial charge on any atom is 0.466 e. The standard InChI is InChI=1S/C12H29N3.H3O4P/c1-4-15(5-2)11-6-8-12(3)14-10-7-9-13;1-5(2,3)4/h12,14H,4-11,13H2,1-3H3;(H3,1,2,3,4). The molecule has 1 atom stereocenters. The number of rotatable bonds is 10. The third-order valence-electron chi connectivity index (χ3n) is 2.88. The first-order valence-corrected chi connectivity index (χ1v) is 8.75. The lowest BCUT2D eigenvalue weighted by atomic mass is 10.1. The highest BCUT2D eigenvalue weighted by Crippen LogP contribution is 2.25. The molecular weight excluding hydrogens is 281 g/mol. The summed E-state index contributed by atoms with van der Waals surface area (Å²) in [5.74, 6) is 0. The maximum atomic E-state index is 8.88. The van der Waals surface area contributed by atoms with Gasteiger partial charge in [0.15, 0.2) is 0 Å². The van der Waals surface area contributed by atoms with Crippen molar-refractivity contribution >= 4 is 7.82 Å². The summed E-state index contributed by atoms with van der Waals surface area (Å²) in [4.78, 5) is 24.0. The van der Waals surface area contributed by atoms with Crippen LogP contribution in [0.1, 0.15) is 40.0 Å². The molecule has 0 aromatic carbocycles. The summed E-state index contributed by atoms with van der Waals surface area (Å²) in [6.07, 6.45) is 3.64. The molecule has 0 rings (SSSR count). The maximum absolute atomic E-state index is 8.88. The minimum Gasteiger partial charge on any atom is -0.330 e. The van der Waals surface area contributed by atoms with Crippen molar-refractivity contribution in [1.82, 2.24) is 10.2 Å². The average molecular weight is 313 g/mol. The van der Waals surface area contributed by atoms with E-state index in [0.717, 1.165) is 19.5 Å². The number of nitrogens with zero attached hydrogens (tertiary/aromatic N) is 1. The van der Waals surface area contributed by atoms with Crippen molar-refractivity contribution in [3.05, 3.63) is 0 Å². The van der Waals surface area contributed by atoms with Crippen LogP contribution in [-0.2, 0) is 4.57 Å². The van der Waals surface area contributed by atoms with Gasteiger partial charge in [-0.2, -0.15) is 0 Å². The van der Waals surface area contributed by atoms with Crippen molar-refractivity contribution in [3.8, 4) is 0 Å². The number of hydrogen-bond acceptors (Lipinski definition) is 4. The third-order valence-corrected chi connectivity index (χ3v) is 2.88. The minimum absolute atomic E-state index is 0.632. The molecule has 0 fully saturated rings. The van der Waals surface area contributed by atoms with E-state index < -0.39 is 7.82 Å². The van der Waals surface area contributed by atoms with E-state index in [1.807, 2.05) is 0 Å². The molecule has 8 heteroatoms. The molecule has 0 saturated carbocycles. The summed E-state index contributed by atoms with van der Waals surface area (Å²) in [5.41, 5.74) is 5.44. The number of nitrogens with one attached hydrogen (secondary N) is 1. The predicted octanol–water partition coefficient (Wildman–Crippen LogP) is 0.507. The second-order valence-electron chi connectivity index (χ2n) is 4.68. The Morgan fingerprint density at radius 1 is 1.20 bits per heavy atom. The Hall–Kier alpha value is -0.0100. The van der Waals surface area contributed by atoms with Gasteiger partial charge in [-0.3, -0.25) is 0 Å². The number of nitrogens with two attached hydrogens (primary N) is 1. The van der Waals surface area contributed by atoms with E-state index in [0.29, 0.717) is 6.04 Å². The molecule has 6 N–H and O–H groups in total. The second kappa shape index (κ2) is 13.9. The molecule has 0 amide bonds. The van der Waals surface area contributed by atoms with Crippen molar-refractivity contribution in [1.29, 1.82) is 0 Å². The van der Waals surface area contributed by atoms with E-state index in [9.17, 15) is 0 Å². The summed E-state index contributed by atoms with van der Waals surface area (Å²) in [5, 5.41) is 3.49. The fourth-order valence-electron chi connectivity index (χ4n) is 1.71. The van der Waals surface area contributed by atoms with Crippen LogP contribution >= 0.6 is 7.82 Å². The van der Waals surface area contributed by atoms with Crippen molar-refractivity contribution in [3.63, 3.8) is 0 Å². The van der Waals surface area contributed by atoms with Crippen LogP contribution in [0, 0.1) is 0 Å². The summed E-state index contributed by atoms with van der Waals surface area (Å²) in [6.45, 7) is 12.1. The van der Waals surface area contributed by atoms with E-state index in [4.69, 9.17) is 25.0 Å². The lowest BCUT2D eigenvalue weighted by Gasteiger charge is -2.19. The van der Waals surface area contributed by atoms with E-state index in [1.165, 1.54) is 32.5 Å². The largest absolute Gasteiger partial charge is 0.466 e. The molecule has 0 aliphatic rings. The zero-order valence-electron chi connectivity index (χ0n) is 13.0. The molecule has 0 saturated heterocycles. The van der Waals surface area contributed by atoms with Gasteiger partial charge in [0.2, 0.25) is 0 Å². The minimum atomic E-state index is -4.64. The first-order valence-electron chi connectivity index (χ1n) is 7.18. The molecule has 1 unspecified atom stereocenters. The van der Waals surface area contributed by atoms with Gasteiger partial charge in [-0.25, -0.2) is 4.57 Å². The monoisotopic (exact) mass is 313 g/mol. The van der Waals surface area contributed by atoms with Crippen LogP contribution < -0.4 is 11.1 Å². The number of hydrogen-bond donors (Lipinski definition) is 5. The van der Waals surface area contributed by atoms with Gasteiger partial charge in [-0.05, 0) is 58.9 Å². The van der Waals surface area contributed by atoms with Gasteiger partial charge < -0.3 is 30.6 Å². The van der Waals surface area contributed by atoms with Gasteiger partial charge in [0, 0.05) is 6.04 Å². The predicted molar refractivity (Wildman–Crippen MR) is 82.4 cm³/mol. The van der Waals surface area contributed by atoms with Crippen LogP contribution in [0.4, 0.5) is 0 Å². The molecule has 124 valence electrons. The van der Waals surface area contributed by atoms with E-state index in [-0.39, 0.29) is 0 Å². The number of phosphoric acid groups is 1. The first kappa shape index (κ1) is 22.3. The third kappa shape index (κ3) is 23.1. The molecule has 0 bridgehead atoms. The van der Waals surface area contributed by atoms with Crippen molar-refractivity contribution in [2.75, 3.05) is 32.7 Å². The van der Waals surface area contributed by atoms with Crippen molar-refractivity contribution in [2.45, 2.75) is 46.1 Å². The summed E-state index contributed by atoms with van der Waals surface area (Å²) < 4.78 is 8.88. The molecular formula is C12H32N3O4P. The highest BCUT2D eigenvalue weighted by Gasteiger charge is 2.02. The normalized spacial score (nSPS) is 13.0. The van der Waals surface area contributed by atoms with Crippen molar-refractivity contribution < 1.29 is 19.2 Å². The topological polar surface area (TPSA) is 119 Å². The lowest BCUT2D eigenvalue weighted by molar-refractivity contribution is 0.275. The zero-order chi connectivity index (χ0) is 16.0. The molecule has 0 aliphatic heterocycles. The Morgan fingerprint density at radius 2 is 1.70 bits per heavy atom. The molecule has 7 nitrogen and oxygen atoms in total. The summed E-state index contributed by atoms with van der Waals surface area (Å²) in [6, 6.07) is 0.632. The molecule has 20 heavy (non-hydrogen) atoms. The van der Waals surface area contributed by atoms with Gasteiger partial charge >= 0.3 is 7.82 Å². The fraction of sp³-hybridized carbons (Fsp3) is 1.00. The first-order chi connectivity index (χ1) is 9.24. The highest BCUT2D eigenvalue weighted by molar-refractivity contribution is 7.45. The van der Waals surface area contributed by atoms with Crippen LogP contribution in [0.5, 0.6) is 0 Å². The Kier molecular flexibility index (Phi) is 15.5. The van der Waals surface area contributed by atoms with Crippen LogP contribution in [-0.4, -0.2) is 58.3 Å². The summed E-state index contributed by atoms with van der Waals surface area (Å²) >= 11 is 0. The van der Waals surface area contributed by atoms with Gasteiger partial charge in [-0.15, -0.1) is 0 Å². The quantitative estimate of drug-likeness (QED) is 0.294. The Morgan fingerprint density at radius 3 is 2.10 bits per heavy atom. The lowest BCUT2D eigenvalue weighted by Crippen LogP contribution is -2.30. The van der Waals surface area contributed by atoms with Gasteiger partial charge in [-0.1, -0.05) is 13.8 Å². The van der Waals surface area contributed by atoms with Crippen LogP contribution in [0.3, 0.4) is 0 Å². The molecule has 0 spiro atoms. The van der Waals surface area contributed by atoms with Crippen LogP contribution in [0.25, 0.3) is 0 Å². The van der Waals surface area contributed by atoms with Crippen LogP contribution in [0.2, 0.25) is 0 Å². The molecule has 0 aliphatic carbocycles. The molecule has 0 radical (unpaired) electrons. The Labute approximate surface area is 122 Å². The zero-order valence-corrected chi connectivity index (χ0v) is 13.9. The van der Waals surface area contributed by atoms with E-state index in [1.54, 1.807) is 0 Å². The smallest absolute Gasteiger partial charge is 0.330 e. The van der Waals surface area contributed by atoms with Gasteiger partial charge in [0.05, 0.1) is 0 Å². The average Bonchev–Trinajstić information content (AvgIpc) is 2.33. The van der Waals surface area contributed by atoms with E-state index >= 15 is 0 Å². The van der Waals surface area contributed by atoms with Gasteiger partial charge in [0.1, 0.15) is 0 Å². The molecule has 0 heterocycles. The van der Waals surface area contributed by atoms with E-state index in [2.05, 4.69) is 31.0 Å². The van der Waals surface area contributed by atoms with Gasteiger partial charge in [0.25, 0.3) is 0 Å².